The molecule has 2 aromatic carbocycles. The van der Waals surface area contributed by atoms with Crippen molar-refractivity contribution in [2.45, 2.75) is 13.2 Å². The van der Waals surface area contributed by atoms with Crippen LogP contribution in [0.1, 0.15) is 24.3 Å². The van der Waals surface area contributed by atoms with Gasteiger partial charge in [-0.2, -0.15) is 5.01 Å². The molecule has 7 heteroatoms. The maximum absolute atomic E-state index is 12.1. The van der Waals surface area contributed by atoms with Crippen LogP contribution in [0.4, 0.5) is 0 Å². The Balaban J connectivity index is 2.00. The van der Waals surface area contributed by atoms with E-state index in [9.17, 15) is 4.79 Å². The molecule has 1 aliphatic heterocycles. The highest BCUT2D eigenvalue weighted by Gasteiger charge is 2.35. The van der Waals surface area contributed by atoms with Gasteiger partial charge >= 0.3 is 0 Å². The Hall–Kier alpha value is -2.73. The van der Waals surface area contributed by atoms with Gasteiger partial charge in [0.2, 0.25) is 18.0 Å². The quantitative estimate of drug-likeness (QED) is 0.835. The number of hydrazone groups is 1. The predicted molar refractivity (Wildman–Crippen MR) is 93.9 cm³/mol. The van der Waals surface area contributed by atoms with Gasteiger partial charge in [-0.05, 0) is 42.5 Å². The highest BCUT2D eigenvalue weighted by Crippen LogP contribution is 2.37. The molecule has 1 heterocycles. The third-order valence-corrected chi connectivity index (χ3v) is 4.01. The zero-order chi connectivity index (χ0) is 18.0. The summed E-state index contributed by atoms with van der Waals surface area (Å²) in [4.78, 5) is 12.1. The van der Waals surface area contributed by atoms with E-state index in [1.54, 1.807) is 56.7 Å². The Morgan fingerprint density at radius 3 is 2.48 bits per heavy atom. The second-order valence-corrected chi connectivity index (χ2v) is 5.79. The minimum atomic E-state index is -0.742. The molecular weight excluding hydrogens is 344 g/mol. The molecule has 0 N–H and O–H groups in total. The van der Waals surface area contributed by atoms with E-state index in [1.165, 1.54) is 11.9 Å². The van der Waals surface area contributed by atoms with Crippen molar-refractivity contribution >= 4 is 23.4 Å². The van der Waals surface area contributed by atoms with Crippen LogP contribution in [0.2, 0.25) is 5.02 Å². The molecule has 0 fully saturated rings. The minimum absolute atomic E-state index is 0.251. The van der Waals surface area contributed by atoms with E-state index in [2.05, 4.69) is 5.10 Å². The molecule has 1 atom stereocenters. The highest BCUT2D eigenvalue weighted by molar-refractivity contribution is 6.30. The van der Waals surface area contributed by atoms with E-state index in [4.69, 9.17) is 25.8 Å². The molecule has 0 saturated carbocycles. The molecule has 0 radical (unpaired) electrons. The summed E-state index contributed by atoms with van der Waals surface area (Å²) in [6, 6.07) is 12.3. The lowest BCUT2D eigenvalue weighted by Crippen LogP contribution is -2.25. The Morgan fingerprint density at radius 2 is 1.88 bits per heavy atom. The second kappa shape index (κ2) is 7.03. The smallest absolute Gasteiger partial charge is 0.243 e. The summed E-state index contributed by atoms with van der Waals surface area (Å²) in [5.41, 5.74) is 1.37. The Labute approximate surface area is 150 Å². The fourth-order valence-corrected chi connectivity index (χ4v) is 2.64. The van der Waals surface area contributed by atoms with Crippen molar-refractivity contribution in [1.29, 1.82) is 0 Å². The van der Waals surface area contributed by atoms with Gasteiger partial charge in [-0.15, -0.1) is 5.10 Å². The molecule has 6 nitrogen and oxygen atoms in total. The number of ether oxygens (including phenoxy) is 3. The number of rotatable bonds is 4. The molecule has 0 aromatic heterocycles. The monoisotopic (exact) mass is 360 g/mol. The third kappa shape index (κ3) is 3.39. The first-order valence-electron chi connectivity index (χ1n) is 7.56. The summed E-state index contributed by atoms with van der Waals surface area (Å²) in [6.45, 7) is 1.43. The number of carbonyl (C=O) groups excluding carboxylic acids is 1. The first kappa shape index (κ1) is 17.1. The van der Waals surface area contributed by atoms with E-state index >= 15 is 0 Å². The summed E-state index contributed by atoms with van der Waals surface area (Å²) in [5.74, 6) is 1.29. The molecule has 3 rings (SSSR count). The van der Waals surface area contributed by atoms with Crippen LogP contribution < -0.4 is 9.47 Å². The van der Waals surface area contributed by atoms with E-state index in [0.29, 0.717) is 28.0 Å². The minimum Gasteiger partial charge on any atom is -0.497 e. The SMILES string of the molecule is COc1ccc(OC)c(C2OC(c3ccc(Cl)cc3)=NN2C(C)=O)c1. The van der Waals surface area contributed by atoms with Gasteiger partial charge in [-0.1, -0.05) is 11.6 Å². The van der Waals surface area contributed by atoms with Crippen LogP contribution >= 0.6 is 11.6 Å². The van der Waals surface area contributed by atoms with Gasteiger partial charge in [-0.25, -0.2) is 0 Å². The molecular formula is C18H17ClN2O4. The lowest BCUT2D eigenvalue weighted by molar-refractivity contribution is -0.135. The summed E-state index contributed by atoms with van der Waals surface area (Å²) in [6.07, 6.45) is -0.742. The first-order chi connectivity index (χ1) is 12.0. The number of amides is 1. The van der Waals surface area contributed by atoms with Crippen molar-refractivity contribution in [3.05, 3.63) is 58.6 Å². The molecule has 1 unspecified atom stereocenters. The molecule has 0 saturated heterocycles. The van der Waals surface area contributed by atoms with Crippen molar-refractivity contribution in [2.75, 3.05) is 14.2 Å². The van der Waals surface area contributed by atoms with Gasteiger partial charge in [0.05, 0.1) is 19.8 Å². The van der Waals surface area contributed by atoms with Gasteiger partial charge in [0.15, 0.2) is 0 Å². The van der Waals surface area contributed by atoms with E-state index in [-0.39, 0.29) is 5.91 Å². The normalized spacial score (nSPS) is 16.2. The molecule has 0 aliphatic carbocycles. The summed E-state index contributed by atoms with van der Waals surface area (Å²) in [5, 5.41) is 6.20. The van der Waals surface area contributed by atoms with Crippen LogP contribution in [-0.4, -0.2) is 31.0 Å². The maximum Gasteiger partial charge on any atom is 0.243 e. The second-order valence-electron chi connectivity index (χ2n) is 5.35. The summed E-state index contributed by atoms with van der Waals surface area (Å²) in [7, 11) is 3.12. The molecule has 25 heavy (non-hydrogen) atoms. The topological polar surface area (TPSA) is 60.4 Å². The lowest BCUT2D eigenvalue weighted by Gasteiger charge is -2.21. The molecule has 0 spiro atoms. The predicted octanol–water partition coefficient (Wildman–Crippen LogP) is 3.60. The average molecular weight is 361 g/mol. The van der Waals surface area contributed by atoms with Crippen molar-refractivity contribution in [1.82, 2.24) is 5.01 Å². The number of benzene rings is 2. The number of methoxy groups -OCH3 is 2. The van der Waals surface area contributed by atoms with Gasteiger partial charge in [0, 0.05) is 17.5 Å². The van der Waals surface area contributed by atoms with Crippen molar-refractivity contribution in [3.63, 3.8) is 0 Å². The summed E-state index contributed by atoms with van der Waals surface area (Å²) >= 11 is 5.92. The number of nitrogens with zero attached hydrogens (tertiary/aromatic N) is 2. The average Bonchev–Trinajstić information content (AvgIpc) is 3.07. The molecule has 1 aliphatic rings. The van der Waals surface area contributed by atoms with Gasteiger partial charge in [0.25, 0.3) is 0 Å². The lowest BCUT2D eigenvalue weighted by atomic mass is 10.1. The third-order valence-electron chi connectivity index (χ3n) is 3.76. The van der Waals surface area contributed by atoms with Gasteiger partial charge in [0.1, 0.15) is 11.5 Å². The summed E-state index contributed by atoms with van der Waals surface area (Å²) < 4.78 is 16.6. The standard InChI is InChI=1S/C18H17ClN2O4/c1-11(22)21-18(15-10-14(23-2)8-9-16(15)24-3)25-17(20-21)12-4-6-13(19)7-5-12/h4-10,18H,1-3H3. The van der Waals surface area contributed by atoms with Crippen LogP contribution in [0, 0.1) is 0 Å². The van der Waals surface area contributed by atoms with Gasteiger partial charge < -0.3 is 14.2 Å². The number of hydrogen-bond donors (Lipinski definition) is 0. The van der Waals surface area contributed by atoms with E-state index < -0.39 is 6.23 Å². The fourth-order valence-electron chi connectivity index (χ4n) is 2.51. The Kier molecular flexibility index (Phi) is 4.81. The Morgan fingerprint density at radius 1 is 1.16 bits per heavy atom. The zero-order valence-corrected chi connectivity index (χ0v) is 14.8. The van der Waals surface area contributed by atoms with Crippen LogP contribution in [0.5, 0.6) is 11.5 Å². The highest BCUT2D eigenvalue weighted by atomic mass is 35.5. The number of halogens is 1. The van der Waals surface area contributed by atoms with Crippen molar-refractivity contribution in [2.24, 2.45) is 5.10 Å². The molecule has 0 bridgehead atoms. The molecule has 2 aromatic rings. The molecule has 130 valence electrons. The zero-order valence-electron chi connectivity index (χ0n) is 14.0. The van der Waals surface area contributed by atoms with Crippen molar-refractivity contribution in [3.8, 4) is 11.5 Å². The first-order valence-corrected chi connectivity index (χ1v) is 7.94. The van der Waals surface area contributed by atoms with Crippen molar-refractivity contribution < 1.29 is 19.0 Å². The van der Waals surface area contributed by atoms with E-state index in [1.807, 2.05) is 0 Å². The van der Waals surface area contributed by atoms with Crippen LogP contribution in [0.15, 0.2) is 47.6 Å². The molecule has 1 amide bonds. The Bertz CT molecular complexity index is 820. The fraction of sp³-hybridized carbons (Fsp3) is 0.222. The van der Waals surface area contributed by atoms with E-state index in [0.717, 1.165) is 5.56 Å². The maximum atomic E-state index is 12.1. The largest absolute Gasteiger partial charge is 0.497 e. The van der Waals surface area contributed by atoms with Gasteiger partial charge in [-0.3, -0.25) is 4.79 Å². The van der Waals surface area contributed by atoms with Crippen LogP contribution in [0.3, 0.4) is 0 Å². The van der Waals surface area contributed by atoms with Crippen LogP contribution in [0.25, 0.3) is 0 Å². The van der Waals surface area contributed by atoms with Crippen LogP contribution in [-0.2, 0) is 9.53 Å². The number of hydrogen-bond acceptors (Lipinski definition) is 5. The number of carbonyl (C=O) groups is 1.